The largest absolute Gasteiger partial charge is 0.497 e. The van der Waals surface area contributed by atoms with Gasteiger partial charge in [-0.3, -0.25) is 4.79 Å². The number of ether oxygens (including phenoxy) is 1. The van der Waals surface area contributed by atoms with Crippen molar-refractivity contribution in [1.29, 1.82) is 0 Å². The number of methoxy groups -OCH3 is 1. The molecule has 1 unspecified atom stereocenters. The van der Waals surface area contributed by atoms with Crippen molar-refractivity contribution in [2.75, 3.05) is 19.0 Å². The monoisotopic (exact) mass is 497 g/mol. The van der Waals surface area contributed by atoms with Gasteiger partial charge < -0.3 is 10.1 Å². The van der Waals surface area contributed by atoms with E-state index in [1.54, 1.807) is 13.2 Å². The Morgan fingerprint density at radius 3 is 2.61 bits per heavy atom. The number of aryl methyl sites for hydroxylation is 1. The van der Waals surface area contributed by atoms with Crippen LogP contribution in [0.5, 0.6) is 5.75 Å². The molecule has 0 saturated carbocycles. The Kier molecular flexibility index (Phi) is 6.36. The molecule has 0 spiro atoms. The number of carbonyl (C=O) groups excluding carboxylic acids is 1. The van der Waals surface area contributed by atoms with Gasteiger partial charge in [0.2, 0.25) is 5.91 Å². The van der Waals surface area contributed by atoms with Gasteiger partial charge in [-0.25, -0.2) is 13.4 Å². The number of halogens is 1. The predicted molar refractivity (Wildman–Crippen MR) is 124 cm³/mol. The smallest absolute Gasteiger partial charge is 0.253 e. The normalized spacial score (nSPS) is 17.1. The molecule has 1 amide bonds. The van der Waals surface area contributed by atoms with Gasteiger partial charge in [0.1, 0.15) is 16.0 Å². The van der Waals surface area contributed by atoms with E-state index in [4.69, 9.17) is 16.3 Å². The van der Waals surface area contributed by atoms with E-state index in [2.05, 4.69) is 10.3 Å². The molecule has 1 saturated heterocycles. The van der Waals surface area contributed by atoms with Gasteiger partial charge in [0.05, 0.1) is 17.1 Å². The number of thiazole rings is 1. The summed E-state index contributed by atoms with van der Waals surface area (Å²) in [5, 5.41) is 3.25. The standard InChI is InChI=1S/C20H20ClN3O4S3/c1-12-18(13-5-7-14(28-2)8-6-13)22-20(29-12)23-19(25)15-4-3-11-24(15)31(26,27)17-10-9-16(21)30-17/h5-10,15H,3-4,11H2,1-2H3,(H,22,23,25). The molecule has 0 aliphatic carbocycles. The first-order chi connectivity index (χ1) is 14.8. The van der Waals surface area contributed by atoms with Crippen LogP contribution >= 0.6 is 34.3 Å². The molecule has 3 heterocycles. The molecule has 1 N–H and O–H groups in total. The zero-order valence-electron chi connectivity index (χ0n) is 16.8. The Morgan fingerprint density at radius 2 is 1.97 bits per heavy atom. The Bertz CT molecular complexity index is 1200. The molecule has 4 rings (SSSR count). The number of anilines is 1. The fourth-order valence-electron chi connectivity index (χ4n) is 3.50. The van der Waals surface area contributed by atoms with Gasteiger partial charge in [-0.15, -0.1) is 22.7 Å². The molecule has 11 heteroatoms. The SMILES string of the molecule is COc1ccc(-c2nc(NC(=O)C3CCCN3S(=O)(=O)c3ccc(Cl)s3)sc2C)cc1. The maximum Gasteiger partial charge on any atom is 0.253 e. The summed E-state index contributed by atoms with van der Waals surface area (Å²) in [6, 6.07) is 9.76. The van der Waals surface area contributed by atoms with E-state index in [1.165, 1.54) is 21.7 Å². The number of rotatable bonds is 6. The molecule has 3 aromatic rings. The summed E-state index contributed by atoms with van der Waals surface area (Å²) in [5.41, 5.74) is 1.68. The van der Waals surface area contributed by atoms with Crippen molar-refractivity contribution >= 4 is 55.3 Å². The fourth-order valence-corrected chi connectivity index (χ4v) is 7.60. The van der Waals surface area contributed by atoms with Crippen LogP contribution in [0.3, 0.4) is 0 Å². The molecule has 0 bridgehead atoms. The van der Waals surface area contributed by atoms with E-state index in [9.17, 15) is 13.2 Å². The van der Waals surface area contributed by atoms with E-state index in [0.29, 0.717) is 28.9 Å². The minimum absolute atomic E-state index is 0.143. The molecule has 7 nitrogen and oxygen atoms in total. The highest BCUT2D eigenvalue weighted by atomic mass is 35.5. The maximum absolute atomic E-state index is 13.0. The summed E-state index contributed by atoms with van der Waals surface area (Å²) in [6.45, 7) is 2.23. The summed E-state index contributed by atoms with van der Waals surface area (Å²) < 4.78 is 32.9. The van der Waals surface area contributed by atoms with Crippen LogP contribution in [0.1, 0.15) is 17.7 Å². The lowest BCUT2D eigenvalue weighted by Crippen LogP contribution is -2.42. The molecule has 1 aliphatic rings. The molecule has 1 atom stereocenters. The third-order valence-corrected chi connectivity index (χ3v) is 9.50. The van der Waals surface area contributed by atoms with E-state index in [0.717, 1.165) is 33.2 Å². The first-order valence-corrected chi connectivity index (χ1v) is 12.9. The van der Waals surface area contributed by atoms with Gasteiger partial charge in [0, 0.05) is 17.0 Å². The van der Waals surface area contributed by atoms with Crippen LogP contribution in [0.4, 0.5) is 5.13 Å². The second-order valence-electron chi connectivity index (χ2n) is 6.97. The summed E-state index contributed by atoms with van der Waals surface area (Å²) in [5.74, 6) is 0.374. The minimum atomic E-state index is -3.78. The first-order valence-electron chi connectivity index (χ1n) is 9.49. The highest BCUT2D eigenvalue weighted by molar-refractivity contribution is 7.91. The van der Waals surface area contributed by atoms with Gasteiger partial charge >= 0.3 is 0 Å². The van der Waals surface area contributed by atoms with Crippen molar-refractivity contribution in [3.05, 3.63) is 45.6 Å². The van der Waals surface area contributed by atoms with Crippen molar-refractivity contribution in [1.82, 2.24) is 9.29 Å². The number of nitrogens with zero attached hydrogens (tertiary/aromatic N) is 2. The lowest BCUT2D eigenvalue weighted by molar-refractivity contribution is -0.119. The van der Waals surface area contributed by atoms with Crippen LogP contribution in [0.15, 0.2) is 40.6 Å². The van der Waals surface area contributed by atoms with Crippen molar-refractivity contribution in [3.63, 3.8) is 0 Å². The molecule has 1 aliphatic heterocycles. The fraction of sp³-hybridized carbons (Fsp3) is 0.300. The van der Waals surface area contributed by atoms with E-state index in [1.807, 2.05) is 31.2 Å². The minimum Gasteiger partial charge on any atom is -0.497 e. The quantitative estimate of drug-likeness (QED) is 0.536. The van der Waals surface area contributed by atoms with Crippen molar-refractivity contribution in [2.24, 2.45) is 0 Å². The third kappa shape index (κ3) is 4.49. The second-order valence-corrected chi connectivity index (χ2v) is 12.0. The lowest BCUT2D eigenvalue weighted by Gasteiger charge is -2.22. The number of nitrogens with one attached hydrogen (secondary N) is 1. The van der Waals surface area contributed by atoms with Crippen molar-refractivity contribution in [3.8, 4) is 17.0 Å². The maximum atomic E-state index is 13.0. The molecular weight excluding hydrogens is 478 g/mol. The number of benzene rings is 1. The van der Waals surface area contributed by atoms with Gasteiger partial charge in [-0.2, -0.15) is 4.31 Å². The second kappa shape index (κ2) is 8.87. The summed E-state index contributed by atoms with van der Waals surface area (Å²) >= 11 is 8.25. The van der Waals surface area contributed by atoms with Crippen LogP contribution in [0.25, 0.3) is 11.3 Å². The number of hydrogen-bond donors (Lipinski definition) is 1. The summed E-state index contributed by atoms with van der Waals surface area (Å²) in [6.07, 6.45) is 1.07. The van der Waals surface area contributed by atoms with Crippen LogP contribution in [0.2, 0.25) is 4.34 Å². The number of hydrogen-bond acceptors (Lipinski definition) is 7. The van der Waals surface area contributed by atoms with E-state index < -0.39 is 16.1 Å². The molecule has 1 fully saturated rings. The van der Waals surface area contributed by atoms with Crippen LogP contribution in [-0.4, -0.2) is 43.3 Å². The topological polar surface area (TPSA) is 88.6 Å². The molecule has 0 radical (unpaired) electrons. The van der Waals surface area contributed by atoms with Gasteiger partial charge in [-0.1, -0.05) is 11.6 Å². The number of sulfonamides is 1. The average molecular weight is 498 g/mol. The molecule has 164 valence electrons. The Morgan fingerprint density at radius 1 is 1.23 bits per heavy atom. The Balaban J connectivity index is 1.52. The summed E-state index contributed by atoms with van der Waals surface area (Å²) in [7, 11) is -2.17. The van der Waals surface area contributed by atoms with Gasteiger partial charge in [-0.05, 0) is 56.2 Å². The molecule has 31 heavy (non-hydrogen) atoms. The predicted octanol–water partition coefficient (Wildman–Crippen LogP) is 4.63. The molecule has 2 aromatic heterocycles. The number of aromatic nitrogens is 1. The Hall–Kier alpha value is -1.98. The zero-order chi connectivity index (χ0) is 22.2. The molecular formula is C20H20ClN3O4S3. The number of amides is 1. The highest BCUT2D eigenvalue weighted by Gasteiger charge is 2.40. The number of carbonyl (C=O) groups is 1. The van der Waals surface area contributed by atoms with Crippen LogP contribution < -0.4 is 10.1 Å². The van der Waals surface area contributed by atoms with E-state index in [-0.39, 0.29) is 10.1 Å². The van der Waals surface area contributed by atoms with Gasteiger partial charge in [0.15, 0.2) is 5.13 Å². The van der Waals surface area contributed by atoms with Crippen molar-refractivity contribution < 1.29 is 17.9 Å². The Labute approximate surface area is 193 Å². The van der Waals surface area contributed by atoms with Crippen molar-refractivity contribution in [2.45, 2.75) is 30.0 Å². The van der Waals surface area contributed by atoms with Crippen LogP contribution in [-0.2, 0) is 14.8 Å². The summed E-state index contributed by atoms with van der Waals surface area (Å²) in [4.78, 5) is 18.5. The van der Waals surface area contributed by atoms with E-state index >= 15 is 0 Å². The average Bonchev–Trinajstić information content (AvgIpc) is 3.48. The lowest BCUT2D eigenvalue weighted by atomic mass is 10.1. The third-order valence-electron chi connectivity index (χ3n) is 5.01. The molecule has 1 aromatic carbocycles. The highest BCUT2D eigenvalue weighted by Crippen LogP contribution is 2.34. The number of thiophene rings is 1. The van der Waals surface area contributed by atoms with Gasteiger partial charge in [0.25, 0.3) is 10.0 Å². The first kappa shape index (κ1) is 22.2. The zero-order valence-corrected chi connectivity index (χ0v) is 20.0. The van der Waals surface area contributed by atoms with Crippen LogP contribution in [0, 0.1) is 6.92 Å².